The average molecular weight is 253 g/mol. The number of hydroxylamine groups is 1. The van der Waals surface area contributed by atoms with Crippen molar-refractivity contribution in [2.75, 3.05) is 7.11 Å². The molecule has 1 amide bonds. The predicted molar refractivity (Wildman–Crippen MR) is 61.1 cm³/mol. The smallest absolute Gasteiger partial charge is 0.244 e. The highest BCUT2D eigenvalue weighted by Gasteiger charge is 2.10. The summed E-state index contributed by atoms with van der Waals surface area (Å²) < 4.78 is 5.04. The Labute approximate surface area is 102 Å². The number of hydrogen-bond donors (Lipinski definition) is 1. The zero-order valence-electron chi connectivity index (χ0n) is 9.17. The van der Waals surface area contributed by atoms with Crippen LogP contribution in [0.4, 0.5) is 0 Å². The third-order valence-corrected chi connectivity index (χ3v) is 2.71. The normalized spacial score (nSPS) is 10.4. The van der Waals surface area contributed by atoms with Crippen LogP contribution < -0.4 is 5.48 Å². The molecule has 0 unspecified atom stereocenters. The van der Waals surface area contributed by atoms with Crippen molar-refractivity contribution in [1.29, 1.82) is 0 Å². The van der Waals surface area contributed by atoms with Gasteiger partial charge < -0.3 is 4.52 Å². The molecule has 7 heteroatoms. The van der Waals surface area contributed by atoms with Gasteiger partial charge in [-0.2, -0.15) is 16.3 Å². The quantitative estimate of drug-likeness (QED) is 0.815. The number of thiophene rings is 1. The minimum absolute atomic E-state index is 0.220. The number of aromatic nitrogens is 2. The third-order valence-electron chi connectivity index (χ3n) is 2.03. The molecular weight excluding hydrogens is 242 g/mol. The number of hydrogen-bond acceptors (Lipinski definition) is 6. The van der Waals surface area contributed by atoms with Crippen molar-refractivity contribution in [2.45, 2.75) is 12.8 Å². The van der Waals surface area contributed by atoms with E-state index in [0.29, 0.717) is 18.1 Å². The number of nitrogens with zero attached hydrogens (tertiary/aromatic N) is 2. The van der Waals surface area contributed by atoms with Crippen LogP contribution in [0.2, 0.25) is 0 Å². The molecule has 0 saturated carbocycles. The van der Waals surface area contributed by atoms with E-state index >= 15 is 0 Å². The third kappa shape index (κ3) is 3.11. The van der Waals surface area contributed by atoms with Gasteiger partial charge in [-0.1, -0.05) is 5.16 Å². The monoisotopic (exact) mass is 253 g/mol. The van der Waals surface area contributed by atoms with E-state index in [-0.39, 0.29) is 12.3 Å². The second-order valence-corrected chi connectivity index (χ2v) is 4.03. The minimum Gasteiger partial charge on any atom is -0.339 e. The van der Waals surface area contributed by atoms with Gasteiger partial charge in [0.1, 0.15) is 0 Å². The standard InChI is InChI=1S/C10H11N3O3S/c1-15-12-8(14)2-3-9-11-10(13-16-9)7-4-5-17-6-7/h4-6H,2-3H2,1H3,(H,12,14). The van der Waals surface area contributed by atoms with E-state index < -0.39 is 0 Å². The van der Waals surface area contributed by atoms with Gasteiger partial charge in [0.05, 0.1) is 7.11 Å². The van der Waals surface area contributed by atoms with Gasteiger partial charge in [-0.15, -0.1) is 0 Å². The SMILES string of the molecule is CONC(=O)CCc1nc(-c2ccsc2)no1. The largest absolute Gasteiger partial charge is 0.339 e. The Hall–Kier alpha value is -1.73. The molecule has 2 aromatic heterocycles. The first-order chi connectivity index (χ1) is 8.29. The number of carbonyl (C=O) groups excluding carboxylic acids is 1. The van der Waals surface area contributed by atoms with Crippen molar-refractivity contribution in [2.24, 2.45) is 0 Å². The summed E-state index contributed by atoms with van der Waals surface area (Å²) in [6.45, 7) is 0. The zero-order chi connectivity index (χ0) is 12.1. The summed E-state index contributed by atoms with van der Waals surface area (Å²) in [6.07, 6.45) is 0.644. The van der Waals surface area contributed by atoms with Crippen LogP contribution in [0, 0.1) is 0 Å². The summed E-state index contributed by atoms with van der Waals surface area (Å²) >= 11 is 1.57. The molecule has 2 rings (SSSR count). The van der Waals surface area contributed by atoms with Crippen LogP contribution in [0.3, 0.4) is 0 Å². The molecule has 2 heterocycles. The molecule has 0 spiro atoms. The van der Waals surface area contributed by atoms with E-state index in [9.17, 15) is 4.79 Å². The van der Waals surface area contributed by atoms with E-state index in [2.05, 4.69) is 20.5 Å². The first-order valence-electron chi connectivity index (χ1n) is 4.96. The fourth-order valence-electron chi connectivity index (χ4n) is 1.25. The lowest BCUT2D eigenvalue weighted by molar-refractivity contribution is -0.131. The molecule has 17 heavy (non-hydrogen) atoms. The Bertz CT molecular complexity index is 481. The van der Waals surface area contributed by atoms with Gasteiger partial charge in [-0.05, 0) is 11.4 Å². The van der Waals surface area contributed by atoms with Crippen LogP contribution in [-0.2, 0) is 16.1 Å². The molecular formula is C10H11N3O3S. The number of carbonyl (C=O) groups is 1. The fraction of sp³-hybridized carbons (Fsp3) is 0.300. The van der Waals surface area contributed by atoms with Crippen molar-refractivity contribution < 1.29 is 14.2 Å². The highest BCUT2D eigenvalue weighted by molar-refractivity contribution is 7.08. The molecule has 0 aromatic carbocycles. The maximum absolute atomic E-state index is 11.1. The van der Waals surface area contributed by atoms with Gasteiger partial charge in [-0.3, -0.25) is 9.63 Å². The molecule has 0 radical (unpaired) electrons. The van der Waals surface area contributed by atoms with E-state index in [1.807, 2.05) is 16.8 Å². The highest BCUT2D eigenvalue weighted by Crippen LogP contribution is 2.18. The van der Waals surface area contributed by atoms with Crippen LogP contribution in [-0.4, -0.2) is 23.2 Å². The maximum Gasteiger partial charge on any atom is 0.244 e. The molecule has 0 fully saturated rings. The lowest BCUT2D eigenvalue weighted by Crippen LogP contribution is -2.21. The second-order valence-electron chi connectivity index (χ2n) is 3.25. The summed E-state index contributed by atoms with van der Waals surface area (Å²) in [5, 5.41) is 7.72. The summed E-state index contributed by atoms with van der Waals surface area (Å²) in [5.74, 6) is 0.772. The molecule has 0 aliphatic heterocycles. The maximum atomic E-state index is 11.1. The molecule has 2 aromatic rings. The van der Waals surface area contributed by atoms with Crippen molar-refractivity contribution in [3.05, 3.63) is 22.7 Å². The topological polar surface area (TPSA) is 77.2 Å². The lowest BCUT2D eigenvalue weighted by Gasteiger charge is -1.98. The van der Waals surface area contributed by atoms with Gasteiger partial charge in [-0.25, -0.2) is 5.48 Å². The van der Waals surface area contributed by atoms with Gasteiger partial charge in [0.25, 0.3) is 0 Å². The van der Waals surface area contributed by atoms with Crippen LogP contribution >= 0.6 is 11.3 Å². The molecule has 0 aliphatic rings. The second kappa shape index (κ2) is 5.55. The lowest BCUT2D eigenvalue weighted by atomic mass is 10.3. The van der Waals surface area contributed by atoms with E-state index in [0.717, 1.165) is 5.56 Å². The van der Waals surface area contributed by atoms with Gasteiger partial charge >= 0.3 is 0 Å². The molecule has 90 valence electrons. The van der Waals surface area contributed by atoms with E-state index in [1.165, 1.54) is 7.11 Å². The Morgan fingerprint density at radius 2 is 2.53 bits per heavy atom. The number of aryl methyl sites for hydroxylation is 1. The first-order valence-corrected chi connectivity index (χ1v) is 5.91. The Morgan fingerprint density at radius 1 is 1.65 bits per heavy atom. The number of rotatable bonds is 5. The Balaban J connectivity index is 1.93. The van der Waals surface area contributed by atoms with Crippen LogP contribution in [0.15, 0.2) is 21.3 Å². The van der Waals surface area contributed by atoms with Crippen LogP contribution in [0.5, 0.6) is 0 Å². The molecule has 1 N–H and O–H groups in total. The summed E-state index contributed by atoms with van der Waals surface area (Å²) in [6, 6.07) is 1.91. The molecule has 0 aliphatic carbocycles. The molecule has 6 nitrogen and oxygen atoms in total. The van der Waals surface area contributed by atoms with Crippen molar-refractivity contribution in [1.82, 2.24) is 15.6 Å². The number of nitrogens with one attached hydrogen (secondary N) is 1. The first kappa shape index (κ1) is 11.7. The highest BCUT2D eigenvalue weighted by atomic mass is 32.1. The molecule has 0 bridgehead atoms. The van der Waals surface area contributed by atoms with Gasteiger partial charge in [0.2, 0.25) is 17.6 Å². The van der Waals surface area contributed by atoms with Crippen LogP contribution in [0.1, 0.15) is 12.3 Å². The predicted octanol–water partition coefficient (Wildman–Crippen LogP) is 1.41. The molecule has 0 atom stereocenters. The fourth-order valence-corrected chi connectivity index (χ4v) is 1.89. The van der Waals surface area contributed by atoms with Crippen molar-refractivity contribution >= 4 is 17.2 Å². The van der Waals surface area contributed by atoms with Crippen molar-refractivity contribution in [3.8, 4) is 11.4 Å². The Morgan fingerprint density at radius 3 is 3.24 bits per heavy atom. The van der Waals surface area contributed by atoms with Crippen LogP contribution in [0.25, 0.3) is 11.4 Å². The van der Waals surface area contributed by atoms with Gasteiger partial charge in [0, 0.05) is 23.8 Å². The zero-order valence-corrected chi connectivity index (χ0v) is 9.99. The van der Waals surface area contributed by atoms with Crippen molar-refractivity contribution in [3.63, 3.8) is 0 Å². The van der Waals surface area contributed by atoms with Gasteiger partial charge in [0.15, 0.2) is 0 Å². The minimum atomic E-state index is -0.220. The summed E-state index contributed by atoms with van der Waals surface area (Å²) in [5.41, 5.74) is 3.15. The van der Waals surface area contributed by atoms with E-state index in [1.54, 1.807) is 11.3 Å². The summed E-state index contributed by atoms with van der Waals surface area (Å²) in [7, 11) is 1.39. The Kier molecular flexibility index (Phi) is 3.84. The summed E-state index contributed by atoms with van der Waals surface area (Å²) in [4.78, 5) is 19.8. The van der Waals surface area contributed by atoms with E-state index in [4.69, 9.17) is 4.52 Å². The number of amides is 1. The average Bonchev–Trinajstić information content (AvgIpc) is 2.97. The molecule has 0 saturated heterocycles.